The van der Waals surface area contributed by atoms with Gasteiger partial charge in [-0.3, -0.25) is 9.48 Å². The molecular weight excluding hydrogens is 302 g/mol. The van der Waals surface area contributed by atoms with Crippen molar-refractivity contribution in [2.45, 2.75) is 18.9 Å². The highest BCUT2D eigenvalue weighted by Crippen LogP contribution is 2.19. The van der Waals surface area contributed by atoms with E-state index < -0.39 is 0 Å². The highest BCUT2D eigenvalue weighted by Gasteiger charge is 2.12. The lowest BCUT2D eigenvalue weighted by Gasteiger charge is -2.16. The molecule has 0 saturated carbocycles. The Labute approximate surface area is 135 Å². The fraction of sp³-hybridized carbons (Fsp3) is 0.375. The number of aromatic nitrogens is 2. The minimum atomic E-state index is -0.207. The summed E-state index contributed by atoms with van der Waals surface area (Å²) in [5.74, 6) is -0.00655. The Balaban J connectivity index is 1.81. The molecule has 1 aromatic carbocycles. The fourth-order valence-corrected chi connectivity index (χ4v) is 2.40. The van der Waals surface area contributed by atoms with Crippen LogP contribution in [0.2, 0.25) is 5.02 Å². The molecule has 2 aromatic rings. The number of amides is 1. The van der Waals surface area contributed by atoms with E-state index in [0.717, 1.165) is 11.1 Å². The Morgan fingerprint density at radius 2 is 2.32 bits per heavy atom. The number of nitrogens with zero attached hydrogens (tertiary/aromatic N) is 2. The number of benzene rings is 1. The second kappa shape index (κ2) is 7.96. The van der Waals surface area contributed by atoms with E-state index in [2.05, 4.69) is 10.4 Å². The first kappa shape index (κ1) is 16.5. The van der Waals surface area contributed by atoms with Crippen molar-refractivity contribution in [2.24, 2.45) is 7.05 Å². The number of ether oxygens (including phenoxy) is 1. The van der Waals surface area contributed by atoms with Crippen molar-refractivity contribution in [3.8, 4) is 0 Å². The highest BCUT2D eigenvalue weighted by atomic mass is 35.5. The van der Waals surface area contributed by atoms with Crippen LogP contribution in [0, 0.1) is 0 Å². The van der Waals surface area contributed by atoms with Crippen molar-refractivity contribution in [3.63, 3.8) is 0 Å². The minimum Gasteiger partial charge on any atom is -0.375 e. The number of hydrogen-bond acceptors (Lipinski definition) is 3. The molecule has 0 aliphatic rings. The van der Waals surface area contributed by atoms with Crippen LogP contribution in [0.25, 0.3) is 0 Å². The van der Waals surface area contributed by atoms with E-state index in [1.807, 2.05) is 37.5 Å². The third-order valence-corrected chi connectivity index (χ3v) is 3.62. The molecule has 1 amide bonds. The Kier molecular flexibility index (Phi) is 5.98. The van der Waals surface area contributed by atoms with Gasteiger partial charge in [-0.05, 0) is 29.7 Å². The van der Waals surface area contributed by atoms with E-state index in [9.17, 15) is 4.79 Å². The maximum Gasteiger partial charge on any atom is 0.220 e. The molecule has 1 atom stereocenters. The molecule has 0 bridgehead atoms. The van der Waals surface area contributed by atoms with E-state index in [4.69, 9.17) is 16.3 Å². The van der Waals surface area contributed by atoms with Crippen LogP contribution in [0.3, 0.4) is 0 Å². The molecule has 0 radical (unpaired) electrons. The number of rotatable bonds is 7. The predicted octanol–water partition coefficient (Wildman–Crippen LogP) is 2.51. The molecule has 0 saturated heterocycles. The van der Waals surface area contributed by atoms with Crippen molar-refractivity contribution >= 4 is 17.5 Å². The highest BCUT2D eigenvalue weighted by molar-refractivity contribution is 6.30. The van der Waals surface area contributed by atoms with Crippen molar-refractivity contribution in [3.05, 3.63) is 52.8 Å². The van der Waals surface area contributed by atoms with Crippen LogP contribution >= 0.6 is 11.6 Å². The molecule has 6 heteroatoms. The molecule has 1 heterocycles. The molecule has 0 aliphatic carbocycles. The van der Waals surface area contributed by atoms with Gasteiger partial charge in [-0.15, -0.1) is 0 Å². The maximum absolute atomic E-state index is 11.9. The zero-order chi connectivity index (χ0) is 15.9. The first-order chi connectivity index (χ1) is 10.6. The molecule has 1 aromatic heterocycles. The van der Waals surface area contributed by atoms with Crippen LogP contribution in [0.4, 0.5) is 0 Å². The van der Waals surface area contributed by atoms with Gasteiger partial charge in [-0.1, -0.05) is 23.7 Å². The van der Waals surface area contributed by atoms with E-state index >= 15 is 0 Å². The quantitative estimate of drug-likeness (QED) is 0.852. The number of hydrogen-bond donors (Lipinski definition) is 1. The molecule has 0 fully saturated rings. The number of carbonyl (C=O) groups is 1. The van der Waals surface area contributed by atoms with E-state index in [1.165, 1.54) is 0 Å². The maximum atomic E-state index is 11.9. The Morgan fingerprint density at radius 3 is 2.95 bits per heavy atom. The van der Waals surface area contributed by atoms with Crippen molar-refractivity contribution in [1.29, 1.82) is 0 Å². The van der Waals surface area contributed by atoms with Gasteiger partial charge in [-0.25, -0.2) is 0 Å². The van der Waals surface area contributed by atoms with Crippen LogP contribution in [-0.4, -0.2) is 29.3 Å². The minimum absolute atomic E-state index is 0.00655. The molecule has 118 valence electrons. The normalized spacial score (nSPS) is 12.1. The summed E-state index contributed by atoms with van der Waals surface area (Å²) in [6.07, 6.45) is 4.58. The largest absolute Gasteiger partial charge is 0.375 e. The topological polar surface area (TPSA) is 56.1 Å². The molecule has 0 aliphatic heterocycles. The summed E-state index contributed by atoms with van der Waals surface area (Å²) in [7, 11) is 3.48. The van der Waals surface area contributed by atoms with Gasteiger partial charge in [0, 0.05) is 38.3 Å². The zero-order valence-electron chi connectivity index (χ0n) is 12.8. The number of halogens is 1. The van der Waals surface area contributed by atoms with Crippen LogP contribution in [-0.2, 0) is 23.0 Å². The second-order valence-corrected chi connectivity index (χ2v) is 5.54. The summed E-state index contributed by atoms with van der Waals surface area (Å²) in [4.78, 5) is 11.9. The van der Waals surface area contributed by atoms with Crippen LogP contribution < -0.4 is 5.32 Å². The van der Waals surface area contributed by atoms with Gasteiger partial charge in [0.1, 0.15) is 0 Å². The number of aryl methyl sites for hydroxylation is 2. The monoisotopic (exact) mass is 321 g/mol. The molecule has 5 nitrogen and oxygen atoms in total. The molecule has 22 heavy (non-hydrogen) atoms. The smallest absolute Gasteiger partial charge is 0.220 e. The SMILES string of the molecule is CO[C@@H](CNC(=O)CCc1cnn(C)c1)c1cccc(Cl)c1. The molecular formula is C16H20ClN3O2. The number of methoxy groups -OCH3 is 1. The van der Waals surface area contributed by atoms with Gasteiger partial charge in [0.15, 0.2) is 0 Å². The molecule has 0 spiro atoms. The Morgan fingerprint density at radius 1 is 1.50 bits per heavy atom. The lowest BCUT2D eigenvalue weighted by molar-refractivity contribution is -0.121. The van der Waals surface area contributed by atoms with Gasteiger partial charge in [0.2, 0.25) is 5.91 Å². The Hall–Kier alpha value is -1.85. The Bertz CT molecular complexity index is 627. The average molecular weight is 322 g/mol. The first-order valence-corrected chi connectivity index (χ1v) is 7.48. The standard InChI is InChI=1S/C16H20ClN3O2/c1-20-11-12(9-19-20)6-7-16(21)18-10-15(22-2)13-4-3-5-14(17)8-13/h3-5,8-9,11,15H,6-7,10H2,1-2H3,(H,18,21)/t15-/m0/s1. The first-order valence-electron chi connectivity index (χ1n) is 7.11. The summed E-state index contributed by atoms with van der Waals surface area (Å²) in [5, 5.41) is 7.63. The van der Waals surface area contributed by atoms with Gasteiger partial charge < -0.3 is 10.1 Å². The summed E-state index contributed by atoms with van der Waals surface area (Å²) in [6.45, 7) is 0.419. The van der Waals surface area contributed by atoms with E-state index in [0.29, 0.717) is 24.4 Å². The van der Waals surface area contributed by atoms with Crippen molar-refractivity contribution in [2.75, 3.05) is 13.7 Å². The van der Waals surface area contributed by atoms with Crippen LogP contribution in [0.1, 0.15) is 23.7 Å². The van der Waals surface area contributed by atoms with Gasteiger partial charge in [0.05, 0.1) is 12.3 Å². The molecule has 2 rings (SSSR count). The summed E-state index contributed by atoms with van der Waals surface area (Å²) in [6, 6.07) is 7.46. The van der Waals surface area contributed by atoms with Gasteiger partial charge >= 0.3 is 0 Å². The van der Waals surface area contributed by atoms with Crippen LogP contribution in [0.5, 0.6) is 0 Å². The summed E-state index contributed by atoms with van der Waals surface area (Å²) < 4.78 is 7.15. The lowest BCUT2D eigenvalue weighted by Crippen LogP contribution is -2.29. The molecule has 0 unspecified atom stereocenters. The second-order valence-electron chi connectivity index (χ2n) is 5.11. The molecule has 1 N–H and O–H groups in total. The van der Waals surface area contributed by atoms with Gasteiger partial charge in [-0.2, -0.15) is 5.10 Å². The van der Waals surface area contributed by atoms with Crippen molar-refractivity contribution < 1.29 is 9.53 Å². The van der Waals surface area contributed by atoms with Crippen molar-refractivity contribution in [1.82, 2.24) is 15.1 Å². The summed E-state index contributed by atoms with van der Waals surface area (Å²) in [5.41, 5.74) is 2.00. The summed E-state index contributed by atoms with van der Waals surface area (Å²) >= 11 is 5.98. The zero-order valence-corrected chi connectivity index (χ0v) is 13.5. The predicted molar refractivity (Wildman–Crippen MR) is 85.7 cm³/mol. The van der Waals surface area contributed by atoms with E-state index in [-0.39, 0.29) is 12.0 Å². The lowest BCUT2D eigenvalue weighted by atomic mass is 10.1. The van der Waals surface area contributed by atoms with Gasteiger partial charge in [0.25, 0.3) is 0 Å². The third-order valence-electron chi connectivity index (χ3n) is 3.39. The van der Waals surface area contributed by atoms with E-state index in [1.54, 1.807) is 18.0 Å². The number of nitrogens with one attached hydrogen (secondary N) is 1. The third kappa shape index (κ3) is 4.86. The number of carbonyl (C=O) groups excluding carboxylic acids is 1. The average Bonchev–Trinajstić information content (AvgIpc) is 2.91. The fourth-order valence-electron chi connectivity index (χ4n) is 2.20. The van der Waals surface area contributed by atoms with Crippen LogP contribution in [0.15, 0.2) is 36.7 Å².